The van der Waals surface area contributed by atoms with Crippen LogP contribution in [0.2, 0.25) is 5.02 Å². The van der Waals surface area contributed by atoms with Crippen LogP contribution < -0.4 is 20.5 Å². The molecule has 1 aromatic carbocycles. The number of nitrogens with two attached hydrogens (primary N) is 1. The summed E-state index contributed by atoms with van der Waals surface area (Å²) < 4.78 is 10.4. The van der Waals surface area contributed by atoms with E-state index in [1.807, 2.05) is 0 Å². The van der Waals surface area contributed by atoms with E-state index in [2.05, 4.69) is 12.2 Å². The second-order valence-corrected chi connectivity index (χ2v) is 4.83. The van der Waals surface area contributed by atoms with Gasteiger partial charge in [0, 0.05) is 12.1 Å². The Kier molecular flexibility index (Phi) is 4.50. The molecule has 104 valence electrons. The number of ether oxygens (including phenoxy) is 2. The predicted octanol–water partition coefficient (Wildman–Crippen LogP) is 2.52. The molecule has 0 bridgehead atoms. The summed E-state index contributed by atoms with van der Waals surface area (Å²) in [6.07, 6.45) is 2.58. The fraction of sp³-hybridized carbons (Fsp3) is 0.462. The molecule has 0 aromatic heterocycles. The molecule has 2 rings (SSSR count). The number of carbonyl (C=O) groups excluding carboxylic acids is 1. The number of unbranched alkanes of at least 4 members (excludes halogenated alkanes) is 1. The summed E-state index contributed by atoms with van der Waals surface area (Å²) in [4.78, 5) is 11.9. The van der Waals surface area contributed by atoms with Gasteiger partial charge in [0.25, 0.3) is 0 Å². The van der Waals surface area contributed by atoms with Crippen molar-refractivity contribution in [3.8, 4) is 11.5 Å². The van der Waals surface area contributed by atoms with Gasteiger partial charge in [-0.25, -0.2) is 0 Å². The highest BCUT2D eigenvalue weighted by molar-refractivity contribution is 6.34. The molecule has 1 aromatic rings. The number of benzene rings is 1. The third-order valence-electron chi connectivity index (χ3n) is 2.93. The van der Waals surface area contributed by atoms with Gasteiger partial charge in [0.2, 0.25) is 12.7 Å². The van der Waals surface area contributed by atoms with E-state index in [9.17, 15) is 4.79 Å². The van der Waals surface area contributed by atoms with Crippen LogP contribution in [0.5, 0.6) is 11.5 Å². The van der Waals surface area contributed by atoms with Gasteiger partial charge in [0.05, 0.1) is 16.8 Å². The van der Waals surface area contributed by atoms with Crippen molar-refractivity contribution in [1.82, 2.24) is 0 Å². The average molecular weight is 285 g/mol. The first-order valence-corrected chi connectivity index (χ1v) is 6.65. The summed E-state index contributed by atoms with van der Waals surface area (Å²) in [6, 6.07) is 2.74. The fourth-order valence-electron chi connectivity index (χ4n) is 1.79. The maximum Gasteiger partial charge on any atom is 0.241 e. The Bertz CT molecular complexity index is 479. The van der Waals surface area contributed by atoms with E-state index in [-0.39, 0.29) is 12.7 Å². The van der Waals surface area contributed by atoms with Crippen LogP contribution in [0, 0.1) is 0 Å². The molecular formula is C13H17ClN2O3. The molecule has 5 nitrogen and oxygen atoms in total. The summed E-state index contributed by atoms with van der Waals surface area (Å²) in [6.45, 7) is 2.22. The van der Waals surface area contributed by atoms with Gasteiger partial charge in [0.15, 0.2) is 11.5 Å². The third kappa shape index (κ3) is 3.30. The van der Waals surface area contributed by atoms with Gasteiger partial charge in [-0.05, 0) is 6.42 Å². The Morgan fingerprint density at radius 3 is 2.84 bits per heavy atom. The van der Waals surface area contributed by atoms with Gasteiger partial charge in [-0.1, -0.05) is 31.4 Å². The quantitative estimate of drug-likeness (QED) is 0.871. The van der Waals surface area contributed by atoms with Crippen molar-refractivity contribution in [3.63, 3.8) is 0 Å². The molecule has 1 aliphatic heterocycles. The molecule has 19 heavy (non-hydrogen) atoms. The highest BCUT2D eigenvalue weighted by Crippen LogP contribution is 2.39. The molecular weight excluding hydrogens is 268 g/mol. The zero-order valence-electron chi connectivity index (χ0n) is 10.7. The average Bonchev–Trinajstić information content (AvgIpc) is 2.83. The van der Waals surface area contributed by atoms with Gasteiger partial charge in [-0.15, -0.1) is 0 Å². The normalized spacial score (nSPS) is 14.3. The number of anilines is 1. The highest BCUT2D eigenvalue weighted by Gasteiger charge is 2.19. The maximum absolute atomic E-state index is 11.9. The van der Waals surface area contributed by atoms with Crippen molar-refractivity contribution in [2.45, 2.75) is 32.2 Å². The lowest BCUT2D eigenvalue weighted by Gasteiger charge is -2.13. The topological polar surface area (TPSA) is 73.6 Å². The Morgan fingerprint density at radius 1 is 1.47 bits per heavy atom. The molecule has 0 saturated heterocycles. The Morgan fingerprint density at radius 2 is 2.16 bits per heavy atom. The molecule has 0 spiro atoms. The van der Waals surface area contributed by atoms with Crippen LogP contribution in [-0.2, 0) is 4.79 Å². The Labute approximate surface area is 117 Å². The van der Waals surface area contributed by atoms with E-state index >= 15 is 0 Å². The number of hydrogen-bond donors (Lipinski definition) is 2. The van der Waals surface area contributed by atoms with Gasteiger partial charge in [0.1, 0.15) is 0 Å². The standard InChI is InChI=1S/C13H17ClN2O3/c1-2-3-4-9(15)13(17)16-10-6-12-11(5-8(10)14)18-7-19-12/h5-6,9H,2-4,7,15H2,1H3,(H,16,17). The van der Waals surface area contributed by atoms with Crippen molar-refractivity contribution in [1.29, 1.82) is 0 Å². The molecule has 0 aliphatic carbocycles. The SMILES string of the molecule is CCCCC(N)C(=O)Nc1cc2c(cc1Cl)OCO2. The molecule has 0 radical (unpaired) electrons. The van der Waals surface area contributed by atoms with Gasteiger partial charge in [-0.2, -0.15) is 0 Å². The number of rotatable bonds is 5. The molecule has 0 fully saturated rings. The number of fused-ring (bicyclic) bond motifs is 1. The molecule has 1 heterocycles. The van der Waals surface area contributed by atoms with Crippen LogP contribution in [0.4, 0.5) is 5.69 Å². The second-order valence-electron chi connectivity index (χ2n) is 4.42. The van der Waals surface area contributed by atoms with Crippen LogP contribution in [0.3, 0.4) is 0 Å². The molecule has 3 N–H and O–H groups in total. The lowest BCUT2D eigenvalue weighted by molar-refractivity contribution is -0.117. The Hall–Kier alpha value is -1.46. The minimum atomic E-state index is -0.526. The van der Waals surface area contributed by atoms with Crippen LogP contribution in [0.25, 0.3) is 0 Å². The summed E-state index contributed by atoms with van der Waals surface area (Å²) in [5.74, 6) is 0.911. The van der Waals surface area contributed by atoms with Gasteiger partial charge >= 0.3 is 0 Å². The van der Waals surface area contributed by atoms with E-state index in [0.29, 0.717) is 28.6 Å². The number of carbonyl (C=O) groups is 1. The molecule has 6 heteroatoms. The third-order valence-corrected chi connectivity index (χ3v) is 3.24. The Balaban J connectivity index is 2.04. The number of hydrogen-bond acceptors (Lipinski definition) is 4. The van der Waals surface area contributed by atoms with Crippen molar-refractivity contribution in [3.05, 3.63) is 17.2 Å². The van der Waals surface area contributed by atoms with Gasteiger partial charge in [-0.3, -0.25) is 4.79 Å². The van der Waals surface area contributed by atoms with Crippen LogP contribution >= 0.6 is 11.6 Å². The van der Waals surface area contributed by atoms with E-state index in [4.69, 9.17) is 26.8 Å². The van der Waals surface area contributed by atoms with E-state index < -0.39 is 6.04 Å². The van der Waals surface area contributed by atoms with Crippen LogP contribution in [-0.4, -0.2) is 18.7 Å². The van der Waals surface area contributed by atoms with E-state index in [1.54, 1.807) is 12.1 Å². The smallest absolute Gasteiger partial charge is 0.241 e. The van der Waals surface area contributed by atoms with E-state index in [0.717, 1.165) is 12.8 Å². The lowest BCUT2D eigenvalue weighted by Crippen LogP contribution is -2.35. The monoisotopic (exact) mass is 284 g/mol. The molecule has 1 unspecified atom stereocenters. The summed E-state index contributed by atoms with van der Waals surface area (Å²) >= 11 is 6.07. The predicted molar refractivity (Wildman–Crippen MR) is 73.7 cm³/mol. The fourth-order valence-corrected chi connectivity index (χ4v) is 1.99. The number of nitrogens with one attached hydrogen (secondary N) is 1. The van der Waals surface area contributed by atoms with Gasteiger partial charge < -0.3 is 20.5 Å². The van der Waals surface area contributed by atoms with E-state index in [1.165, 1.54) is 0 Å². The number of halogens is 1. The van der Waals surface area contributed by atoms with Crippen molar-refractivity contribution < 1.29 is 14.3 Å². The molecule has 1 aliphatic rings. The van der Waals surface area contributed by atoms with Crippen LogP contribution in [0.15, 0.2) is 12.1 Å². The first-order chi connectivity index (χ1) is 9.11. The first kappa shape index (κ1) is 14.0. The summed E-state index contributed by atoms with van der Waals surface area (Å²) in [5.41, 5.74) is 6.29. The number of amides is 1. The molecule has 0 saturated carbocycles. The zero-order valence-corrected chi connectivity index (χ0v) is 11.5. The van der Waals surface area contributed by atoms with Crippen molar-refractivity contribution in [2.24, 2.45) is 5.73 Å². The van der Waals surface area contributed by atoms with Crippen molar-refractivity contribution in [2.75, 3.05) is 12.1 Å². The maximum atomic E-state index is 11.9. The zero-order chi connectivity index (χ0) is 13.8. The largest absolute Gasteiger partial charge is 0.454 e. The highest BCUT2D eigenvalue weighted by atomic mass is 35.5. The summed E-state index contributed by atoms with van der Waals surface area (Å²) in [7, 11) is 0. The minimum absolute atomic E-state index is 0.166. The summed E-state index contributed by atoms with van der Waals surface area (Å²) in [5, 5.41) is 3.12. The molecule has 1 amide bonds. The lowest BCUT2D eigenvalue weighted by atomic mass is 10.1. The van der Waals surface area contributed by atoms with Crippen molar-refractivity contribution >= 4 is 23.2 Å². The minimum Gasteiger partial charge on any atom is -0.454 e. The van der Waals surface area contributed by atoms with Crippen LogP contribution in [0.1, 0.15) is 26.2 Å². The molecule has 1 atom stereocenters. The second kappa shape index (κ2) is 6.12. The first-order valence-electron chi connectivity index (χ1n) is 6.27.